The van der Waals surface area contributed by atoms with Crippen molar-refractivity contribution in [3.05, 3.63) is 54.0 Å². The molecule has 19 heavy (non-hydrogen) atoms. The molecule has 2 rings (SSSR count). The lowest BCUT2D eigenvalue weighted by Crippen LogP contribution is -2.27. The summed E-state index contributed by atoms with van der Waals surface area (Å²) < 4.78 is 10.1. The first-order valence-corrected chi connectivity index (χ1v) is 5.62. The van der Waals surface area contributed by atoms with Crippen molar-refractivity contribution in [2.45, 2.75) is 6.04 Å². The molecule has 1 aromatic carbocycles. The van der Waals surface area contributed by atoms with Crippen LogP contribution in [-0.4, -0.2) is 13.0 Å². The van der Waals surface area contributed by atoms with E-state index in [1.165, 1.54) is 12.3 Å². The minimum Gasteiger partial charge on any atom is -0.497 e. The van der Waals surface area contributed by atoms with Crippen LogP contribution in [0.15, 0.2) is 47.1 Å². The Morgan fingerprint density at radius 3 is 2.89 bits per heavy atom. The molecule has 2 aromatic rings. The van der Waals surface area contributed by atoms with E-state index in [2.05, 4.69) is 5.32 Å². The molecular formula is C14H12N2O3. The second-order valence-electron chi connectivity index (χ2n) is 3.79. The van der Waals surface area contributed by atoms with E-state index in [1.807, 2.05) is 6.07 Å². The summed E-state index contributed by atoms with van der Waals surface area (Å²) in [5, 5.41) is 11.7. The third-order valence-corrected chi connectivity index (χ3v) is 2.58. The van der Waals surface area contributed by atoms with Crippen LogP contribution in [0.1, 0.15) is 22.2 Å². The molecule has 1 amide bonds. The maximum Gasteiger partial charge on any atom is 0.288 e. The lowest BCUT2D eigenvalue weighted by Gasteiger charge is -2.11. The van der Waals surface area contributed by atoms with Crippen molar-refractivity contribution in [3.63, 3.8) is 0 Å². The fraction of sp³-hybridized carbons (Fsp3) is 0.143. The van der Waals surface area contributed by atoms with Gasteiger partial charge in [-0.3, -0.25) is 4.79 Å². The van der Waals surface area contributed by atoms with Crippen molar-refractivity contribution in [1.82, 2.24) is 5.32 Å². The lowest BCUT2D eigenvalue weighted by molar-refractivity contribution is 0.0917. The molecule has 0 saturated carbocycles. The van der Waals surface area contributed by atoms with E-state index in [4.69, 9.17) is 14.4 Å². The molecule has 0 aliphatic rings. The molecular weight excluding hydrogens is 244 g/mol. The third-order valence-electron chi connectivity index (χ3n) is 2.58. The number of rotatable bonds is 4. The molecule has 0 saturated heterocycles. The van der Waals surface area contributed by atoms with E-state index in [1.54, 1.807) is 37.4 Å². The first-order chi connectivity index (χ1) is 9.24. The number of methoxy groups -OCH3 is 1. The SMILES string of the molecule is COc1cccc(C(C#N)NC(=O)c2ccco2)c1. The van der Waals surface area contributed by atoms with Gasteiger partial charge in [-0.2, -0.15) is 5.26 Å². The maximum atomic E-state index is 11.8. The highest BCUT2D eigenvalue weighted by Crippen LogP contribution is 2.19. The lowest BCUT2D eigenvalue weighted by atomic mass is 10.1. The normalized spacial score (nSPS) is 11.4. The standard InChI is InChI=1S/C14H12N2O3/c1-18-11-5-2-4-10(8-11)12(9-15)16-14(17)13-6-3-7-19-13/h2-8,12H,1H3,(H,16,17). The Morgan fingerprint density at radius 2 is 2.26 bits per heavy atom. The Morgan fingerprint density at radius 1 is 1.42 bits per heavy atom. The van der Waals surface area contributed by atoms with Gasteiger partial charge in [0.25, 0.3) is 5.91 Å². The number of carbonyl (C=O) groups is 1. The van der Waals surface area contributed by atoms with Crippen LogP contribution < -0.4 is 10.1 Å². The molecule has 0 bridgehead atoms. The molecule has 5 nitrogen and oxygen atoms in total. The molecule has 5 heteroatoms. The van der Waals surface area contributed by atoms with Gasteiger partial charge in [-0.1, -0.05) is 12.1 Å². The predicted octanol–water partition coefficient (Wildman–Crippen LogP) is 2.28. The number of nitriles is 1. The van der Waals surface area contributed by atoms with Crippen LogP contribution in [-0.2, 0) is 0 Å². The number of nitrogens with zero attached hydrogens (tertiary/aromatic N) is 1. The predicted molar refractivity (Wildman–Crippen MR) is 67.5 cm³/mol. The highest BCUT2D eigenvalue weighted by atomic mass is 16.5. The monoisotopic (exact) mass is 256 g/mol. The molecule has 1 atom stereocenters. The van der Waals surface area contributed by atoms with Crippen molar-refractivity contribution >= 4 is 5.91 Å². The number of furan rings is 1. The molecule has 1 unspecified atom stereocenters. The summed E-state index contributed by atoms with van der Waals surface area (Å²) in [4.78, 5) is 11.8. The highest BCUT2D eigenvalue weighted by Gasteiger charge is 2.17. The molecule has 0 fully saturated rings. The second-order valence-corrected chi connectivity index (χ2v) is 3.79. The molecule has 0 aliphatic carbocycles. The number of ether oxygens (including phenoxy) is 1. The maximum absolute atomic E-state index is 11.8. The van der Waals surface area contributed by atoms with E-state index in [-0.39, 0.29) is 5.76 Å². The first-order valence-electron chi connectivity index (χ1n) is 5.62. The number of carbonyl (C=O) groups excluding carboxylic acids is 1. The fourth-order valence-electron chi connectivity index (χ4n) is 1.62. The van der Waals surface area contributed by atoms with Gasteiger partial charge in [0, 0.05) is 0 Å². The topological polar surface area (TPSA) is 75.3 Å². The molecule has 1 aromatic heterocycles. The summed E-state index contributed by atoms with van der Waals surface area (Å²) >= 11 is 0. The van der Waals surface area contributed by atoms with E-state index in [9.17, 15) is 4.79 Å². The minimum atomic E-state index is -0.757. The summed E-state index contributed by atoms with van der Waals surface area (Å²) in [5.74, 6) is 0.368. The molecule has 0 aliphatic heterocycles. The van der Waals surface area contributed by atoms with Crippen LogP contribution in [0.4, 0.5) is 0 Å². The largest absolute Gasteiger partial charge is 0.497 e. The van der Waals surface area contributed by atoms with Gasteiger partial charge >= 0.3 is 0 Å². The third kappa shape index (κ3) is 2.93. The Balaban J connectivity index is 2.16. The van der Waals surface area contributed by atoms with Crippen LogP contribution in [0, 0.1) is 11.3 Å². The quantitative estimate of drug-likeness (QED) is 0.910. The van der Waals surface area contributed by atoms with E-state index < -0.39 is 11.9 Å². The molecule has 0 radical (unpaired) electrons. The molecule has 0 spiro atoms. The van der Waals surface area contributed by atoms with Crippen LogP contribution in [0.5, 0.6) is 5.75 Å². The summed E-state index contributed by atoms with van der Waals surface area (Å²) in [6.45, 7) is 0. The van der Waals surface area contributed by atoms with Crippen LogP contribution in [0.3, 0.4) is 0 Å². The van der Waals surface area contributed by atoms with Gasteiger partial charge in [0.05, 0.1) is 19.4 Å². The van der Waals surface area contributed by atoms with E-state index >= 15 is 0 Å². The van der Waals surface area contributed by atoms with Gasteiger partial charge in [0.1, 0.15) is 11.8 Å². The second kappa shape index (κ2) is 5.74. The Hall–Kier alpha value is -2.74. The number of hydrogen-bond acceptors (Lipinski definition) is 4. The zero-order valence-corrected chi connectivity index (χ0v) is 10.3. The number of amides is 1. The van der Waals surface area contributed by atoms with Crippen LogP contribution in [0.25, 0.3) is 0 Å². The summed E-state index contributed by atoms with van der Waals surface area (Å²) in [7, 11) is 1.54. The highest BCUT2D eigenvalue weighted by molar-refractivity contribution is 5.91. The first kappa shape index (κ1) is 12.7. The zero-order chi connectivity index (χ0) is 13.7. The van der Waals surface area contributed by atoms with Crippen molar-refractivity contribution < 1.29 is 13.9 Å². The number of nitrogens with one attached hydrogen (secondary N) is 1. The Bertz CT molecular complexity index is 599. The molecule has 1 N–H and O–H groups in total. The average molecular weight is 256 g/mol. The van der Waals surface area contributed by atoms with Gasteiger partial charge in [0.15, 0.2) is 5.76 Å². The summed E-state index contributed by atoms with van der Waals surface area (Å²) in [6.07, 6.45) is 1.40. The van der Waals surface area contributed by atoms with Crippen molar-refractivity contribution in [2.75, 3.05) is 7.11 Å². The van der Waals surface area contributed by atoms with Crippen molar-refractivity contribution in [1.29, 1.82) is 5.26 Å². The number of hydrogen-bond donors (Lipinski definition) is 1. The van der Waals surface area contributed by atoms with E-state index in [0.29, 0.717) is 11.3 Å². The van der Waals surface area contributed by atoms with Crippen molar-refractivity contribution in [2.24, 2.45) is 0 Å². The summed E-state index contributed by atoms with van der Waals surface area (Å²) in [5.41, 5.74) is 0.654. The zero-order valence-electron chi connectivity index (χ0n) is 10.3. The summed E-state index contributed by atoms with van der Waals surface area (Å²) in [6, 6.07) is 11.4. The van der Waals surface area contributed by atoms with E-state index in [0.717, 1.165) is 0 Å². The molecule has 1 heterocycles. The average Bonchev–Trinajstić information content (AvgIpc) is 2.98. The minimum absolute atomic E-state index is 0.170. The Kier molecular flexibility index (Phi) is 3.84. The van der Waals surface area contributed by atoms with Gasteiger partial charge in [-0.15, -0.1) is 0 Å². The fourth-order valence-corrected chi connectivity index (χ4v) is 1.62. The van der Waals surface area contributed by atoms with Gasteiger partial charge in [-0.05, 0) is 29.8 Å². The van der Waals surface area contributed by atoms with Crippen LogP contribution >= 0.6 is 0 Å². The van der Waals surface area contributed by atoms with Gasteiger partial charge in [-0.25, -0.2) is 0 Å². The van der Waals surface area contributed by atoms with Crippen LogP contribution in [0.2, 0.25) is 0 Å². The Labute approximate surface area is 110 Å². The van der Waals surface area contributed by atoms with Gasteiger partial charge < -0.3 is 14.5 Å². The number of benzene rings is 1. The smallest absolute Gasteiger partial charge is 0.288 e. The molecule has 96 valence electrons. The van der Waals surface area contributed by atoms with Gasteiger partial charge in [0.2, 0.25) is 0 Å². The van der Waals surface area contributed by atoms with Crippen molar-refractivity contribution in [3.8, 4) is 11.8 Å².